The van der Waals surface area contributed by atoms with Gasteiger partial charge in [-0.25, -0.2) is 9.97 Å². The smallest absolute Gasteiger partial charge is 0.142 e. The fraction of sp³-hybridized carbons (Fsp3) is 0.263. The number of nitrogens with zero attached hydrogens (tertiary/aromatic N) is 3. The van der Waals surface area contributed by atoms with Gasteiger partial charge in [0.2, 0.25) is 0 Å². The van der Waals surface area contributed by atoms with Crippen molar-refractivity contribution in [1.29, 1.82) is 0 Å². The van der Waals surface area contributed by atoms with Gasteiger partial charge in [-0.15, -0.1) is 12.4 Å². The number of fused-ring (bicyclic) bond motifs is 2. The van der Waals surface area contributed by atoms with Crippen molar-refractivity contribution in [3.8, 4) is 5.75 Å². The van der Waals surface area contributed by atoms with E-state index < -0.39 is 0 Å². The number of methoxy groups -OCH3 is 1. The normalized spacial score (nSPS) is 17.7. The van der Waals surface area contributed by atoms with Gasteiger partial charge in [-0.05, 0) is 30.7 Å². The average molecular weight is 404 g/mol. The average Bonchev–Trinajstić information content (AvgIpc) is 3.01. The molecule has 3 aromatic rings. The fourth-order valence-electron chi connectivity index (χ4n) is 3.26. The van der Waals surface area contributed by atoms with E-state index in [2.05, 4.69) is 45.7 Å². The van der Waals surface area contributed by atoms with Gasteiger partial charge in [0.25, 0.3) is 0 Å². The van der Waals surface area contributed by atoms with Gasteiger partial charge >= 0.3 is 0 Å². The number of hydrogen-bond donors (Lipinski definition) is 2. The Hall–Kier alpha value is -2.22. The molecule has 0 radical (unpaired) electrons. The van der Waals surface area contributed by atoms with Gasteiger partial charge in [0.05, 0.1) is 24.9 Å². The van der Waals surface area contributed by atoms with Gasteiger partial charge in [0.15, 0.2) is 0 Å². The Morgan fingerprint density at radius 1 is 1.26 bits per heavy atom. The minimum absolute atomic E-state index is 0. The lowest BCUT2D eigenvalue weighted by molar-refractivity contribution is 0.414. The van der Waals surface area contributed by atoms with E-state index >= 15 is 0 Å². The Kier molecular flexibility index (Phi) is 5.64. The topological polar surface area (TPSA) is 59.1 Å². The lowest BCUT2D eigenvalue weighted by atomic mass is 10.1. The Labute approximate surface area is 170 Å². The van der Waals surface area contributed by atoms with E-state index in [1.807, 2.05) is 18.2 Å². The maximum absolute atomic E-state index is 5.76. The first kappa shape index (κ1) is 19.5. The minimum atomic E-state index is 0. The highest BCUT2D eigenvalue weighted by atomic mass is 35.5. The van der Waals surface area contributed by atoms with E-state index in [9.17, 15) is 0 Å². The lowest BCUT2D eigenvalue weighted by Gasteiger charge is -2.38. The van der Waals surface area contributed by atoms with Crippen LogP contribution in [0.1, 0.15) is 12.5 Å². The second-order valence-corrected chi connectivity index (χ2v) is 7.05. The third kappa shape index (κ3) is 3.63. The van der Waals surface area contributed by atoms with Crippen molar-refractivity contribution in [2.24, 2.45) is 0 Å². The molecule has 0 fully saturated rings. The van der Waals surface area contributed by atoms with Crippen molar-refractivity contribution in [3.63, 3.8) is 0 Å². The Morgan fingerprint density at radius 3 is 2.89 bits per heavy atom. The van der Waals surface area contributed by atoms with E-state index in [0.29, 0.717) is 10.4 Å². The van der Waals surface area contributed by atoms with Crippen molar-refractivity contribution in [3.05, 3.63) is 48.3 Å². The molecule has 1 aromatic heterocycles. The van der Waals surface area contributed by atoms with Gasteiger partial charge in [0.1, 0.15) is 30.3 Å². The molecule has 0 saturated carbocycles. The summed E-state index contributed by atoms with van der Waals surface area (Å²) in [6.45, 7) is 4.34. The van der Waals surface area contributed by atoms with E-state index in [1.165, 1.54) is 0 Å². The zero-order chi connectivity index (χ0) is 18.1. The highest BCUT2D eigenvalue weighted by molar-refractivity contribution is 7.58. The van der Waals surface area contributed by atoms with E-state index in [-0.39, 0.29) is 12.4 Å². The Bertz CT molecular complexity index is 970. The van der Waals surface area contributed by atoms with Crippen molar-refractivity contribution in [2.75, 3.05) is 31.0 Å². The monoisotopic (exact) mass is 403 g/mol. The number of aromatic nitrogens is 2. The summed E-state index contributed by atoms with van der Waals surface area (Å²) in [5.41, 5.74) is 4.19. The zero-order valence-corrected chi connectivity index (χ0v) is 16.9. The van der Waals surface area contributed by atoms with E-state index in [1.54, 1.807) is 13.4 Å². The zero-order valence-electron chi connectivity index (χ0n) is 15.2. The molecule has 0 aliphatic carbocycles. The van der Waals surface area contributed by atoms with Gasteiger partial charge in [-0.2, -0.15) is 0 Å². The molecule has 1 aliphatic heterocycles. The Balaban J connectivity index is 0.00000210. The summed E-state index contributed by atoms with van der Waals surface area (Å²) in [4.78, 5) is 8.88. The number of quaternary nitrogens is 1. The summed E-state index contributed by atoms with van der Waals surface area (Å²) >= 11 is 5.76. The first-order chi connectivity index (χ1) is 12.6. The number of rotatable bonds is 5. The fourth-order valence-corrected chi connectivity index (χ4v) is 3.48. The van der Waals surface area contributed by atoms with Crippen molar-refractivity contribution in [1.82, 2.24) is 13.9 Å². The standard InChI is InChI=1S/C19H21N5OS.ClH/c1-3-24(26)12-23-17-8-15-16(9-18(17)24)21-11-22-19(15)20-10-13-5-4-6-14(7-13)25-2;/h4-9,11,23H,3,10,12H2,1-2H3,(H,20,21,22);1H. The first-order valence-electron chi connectivity index (χ1n) is 8.61. The maximum atomic E-state index is 5.76. The van der Waals surface area contributed by atoms with Crippen molar-refractivity contribution >= 4 is 53.3 Å². The highest BCUT2D eigenvalue weighted by Gasteiger charge is 2.28. The molecule has 6 nitrogen and oxygen atoms in total. The van der Waals surface area contributed by atoms with Gasteiger partial charge in [-0.1, -0.05) is 12.1 Å². The number of ether oxygens (including phenoxy) is 1. The van der Waals surface area contributed by atoms with Crippen LogP contribution >= 0.6 is 12.4 Å². The Morgan fingerprint density at radius 2 is 2.11 bits per heavy atom. The van der Waals surface area contributed by atoms with Gasteiger partial charge in [-0.3, -0.25) is 0 Å². The summed E-state index contributed by atoms with van der Waals surface area (Å²) in [7, 11) is 1.67. The molecule has 0 bridgehead atoms. The highest BCUT2D eigenvalue weighted by Crippen LogP contribution is 2.40. The van der Waals surface area contributed by atoms with Crippen LogP contribution < -0.4 is 19.3 Å². The molecule has 2 aromatic carbocycles. The van der Waals surface area contributed by atoms with Crippen LogP contribution in [0.15, 0.2) is 42.7 Å². The van der Waals surface area contributed by atoms with Crippen LogP contribution in [0.2, 0.25) is 0 Å². The van der Waals surface area contributed by atoms with Crippen LogP contribution in [0.4, 0.5) is 17.2 Å². The number of halogens is 1. The van der Waals surface area contributed by atoms with Crippen LogP contribution in [0, 0.1) is 0 Å². The largest absolute Gasteiger partial charge is 0.497 e. The summed E-state index contributed by atoms with van der Waals surface area (Å²) in [5.74, 6) is 1.66. The van der Waals surface area contributed by atoms with E-state index in [4.69, 9.17) is 17.6 Å². The summed E-state index contributed by atoms with van der Waals surface area (Å²) < 4.78 is 5.74. The molecular formula is C19H22ClN5OS. The molecule has 2 N–H and O–H groups in total. The molecule has 0 amide bonds. The number of anilines is 2. The minimum Gasteiger partial charge on any atom is -0.497 e. The SMILES string of the molecule is CC[N+]1([S-])CNc2cc3c(NCc4cccc(OC)c4)ncnc3cc21.Cl. The first-order valence-corrected chi connectivity index (χ1v) is 8.97. The molecular weight excluding hydrogens is 382 g/mol. The van der Waals surface area contributed by atoms with Crippen LogP contribution in [0.3, 0.4) is 0 Å². The molecule has 0 saturated heterocycles. The molecule has 8 heteroatoms. The third-order valence-corrected chi connectivity index (χ3v) is 5.41. The molecule has 2 heterocycles. The predicted molar refractivity (Wildman–Crippen MR) is 115 cm³/mol. The summed E-state index contributed by atoms with van der Waals surface area (Å²) in [5, 5.41) is 7.82. The van der Waals surface area contributed by atoms with Crippen molar-refractivity contribution in [2.45, 2.75) is 13.5 Å². The van der Waals surface area contributed by atoms with Crippen LogP contribution in [0.25, 0.3) is 10.9 Å². The number of benzene rings is 2. The molecule has 27 heavy (non-hydrogen) atoms. The van der Waals surface area contributed by atoms with Gasteiger partial charge in [0, 0.05) is 18.0 Å². The maximum Gasteiger partial charge on any atom is 0.142 e. The molecule has 1 aliphatic rings. The molecule has 142 valence electrons. The number of hydrogen-bond acceptors (Lipinski definition) is 6. The molecule has 1 unspecified atom stereocenters. The van der Waals surface area contributed by atoms with Crippen LogP contribution in [0.5, 0.6) is 5.75 Å². The summed E-state index contributed by atoms with van der Waals surface area (Å²) in [6.07, 6.45) is 1.59. The molecule has 4 rings (SSSR count). The van der Waals surface area contributed by atoms with Crippen LogP contribution in [-0.2, 0) is 19.4 Å². The van der Waals surface area contributed by atoms with E-state index in [0.717, 1.165) is 52.6 Å². The second kappa shape index (κ2) is 7.80. The van der Waals surface area contributed by atoms with Crippen LogP contribution in [-0.4, -0.2) is 30.3 Å². The summed E-state index contributed by atoms with van der Waals surface area (Å²) in [6, 6.07) is 12.2. The quantitative estimate of drug-likeness (QED) is 0.498. The molecule has 0 spiro atoms. The van der Waals surface area contributed by atoms with Gasteiger partial charge < -0.3 is 32.1 Å². The second-order valence-electron chi connectivity index (χ2n) is 6.35. The lowest BCUT2D eigenvalue weighted by Crippen LogP contribution is -2.42. The third-order valence-electron chi connectivity index (χ3n) is 4.82. The van der Waals surface area contributed by atoms with Crippen molar-refractivity contribution < 1.29 is 4.74 Å². The predicted octanol–water partition coefficient (Wildman–Crippen LogP) is 3.84. The molecule has 1 atom stereocenters. The number of nitrogens with one attached hydrogen (secondary N) is 2.